The summed E-state index contributed by atoms with van der Waals surface area (Å²) in [6.07, 6.45) is 11.6. The summed E-state index contributed by atoms with van der Waals surface area (Å²) in [5.74, 6) is -0.0455. The Morgan fingerprint density at radius 2 is 1.21 bits per heavy atom. The van der Waals surface area contributed by atoms with Gasteiger partial charge in [-0.15, -0.1) is 0 Å². The number of nitrogens with zero attached hydrogens (tertiary/aromatic N) is 6. The third-order valence-electron chi connectivity index (χ3n) is 6.00. The van der Waals surface area contributed by atoms with Crippen LogP contribution >= 0.6 is 0 Å². The van der Waals surface area contributed by atoms with Crippen LogP contribution in [0.1, 0.15) is 21.7 Å². The minimum absolute atomic E-state index is 0.0455. The van der Waals surface area contributed by atoms with Crippen molar-refractivity contribution in [3.63, 3.8) is 0 Å². The average Bonchev–Trinajstić information content (AvgIpc) is 3.64. The molecule has 0 unspecified atom stereocenters. The van der Waals surface area contributed by atoms with E-state index in [1.54, 1.807) is 0 Å². The first-order chi connectivity index (χ1) is 16.8. The SMILES string of the molecule is O=C(c1ccc(-n2cccc2)cc1)N(Cc1cnc2ccccn12)Cc1cnc2ccccn12. The number of amides is 1. The van der Waals surface area contributed by atoms with Crippen LogP contribution in [0.4, 0.5) is 0 Å². The van der Waals surface area contributed by atoms with Gasteiger partial charge >= 0.3 is 0 Å². The maximum atomic E-state index is 13.7. The fourth-order valence-electron chi connectivity index (χ4n) is 4.26. The number of benzene rings is 1. The molecule has 5 heterocycles. The predicted molar refractivity (Wildman–Crippen MR) is 130 cm³/mol. The Morgan fingerprint density at radius 3 is 1.76 bits per heavy atom. The summed E-state index contributed by atoms with van der Waals surface area (Å²) in [6, 6.07) is 23.4. The van der Waals surface area contributed by atoms with Gasteiger partial charge in [0.2, 0.25) is 0 Å². The number of rotatable bonds is 6. The molecule has 0 saturated carbocycles. The molecule has 1 aromatic carbocycles. The Bertz CT molecular complexity index is 1500. The van der Waals surface area contributed by atoms with E-state index in [9.17, 15) is 4.79 Å². The lowest BCUT2D eigenvalue weighted by atomic mass is 10.1. The molecule has 0 radical (unpaired) electrons. The highest BCUT2D eigenvalue weighted by molar-refractivity contribution is 5.94. The number of carbonyl (C=O) groups excluding carboxylic acids is 1. The highest BCUT2D eigenvalue weighted by Gasteiger charge is 2.20. The largest absolute Gasteiger partial charge is 0.327 e. The summed E-state index contributed by atoms with van der Waals surface area (Å²) in [6.45, 7) is 0.840. The van der Waals surface area contributed by atoms with Gasteiger partial charge in [-0.3, -0.25) is 4.79 Å². The second kappa shape index (κ2) is 8.37. The van der Waals surface area contributed by atoms with Crippen LogP contribution in [0.2, 0.25) is 0 Å². The fourth-order valence-corrected chi connectivity index (χ4v) is 4.26. The molecule has 7 heteroatoms. The molecule has 6 rings (SSSR count). The highest BCUT2D eigenvalue weighted by Crippen LogP contribution is 2.18. The summed E-state index contributed by atoms with van der Waals surface area (Å²) < 4.78 is 6.05. The number of hydrogen-bond acceptors (Lipinski definition) is 3. The van der Waals surface area contributed by atoms with Crippen molar-refractivity contribution in [1.82, 2.24) is 28.2 Å². The molecule has 0 fully saturated rings. The van der Waals surface area contributed by atoms with Crippen molar-refractivity contribution in [2.75, 3.05) is 0 Å². The summed E-state index contributed by atoms with van der Waals surface area (Å²) in [5, 5.41) is 0. The zero-order valence-corrected chi connectivity index (χ0v) is 18.4. The van der Waals surface area contributed by atoms with Crippen molar-refractivity contribution >= 4 is 17.2 Å². The second-order valence-corrected chi connectivity index (χ2v) is 8.16. The lowest BCUT2D eigenvalue weighted by Gasteiger charge is -2.23. The first kappa shape index (κ1) is 20.0. The summed E-state index contributed by atoms with van der Waals surface area (Å²) >= 11 is 0. The maximum Gasteiger partial charge on any atom is 0.254 e. The third-order valence-corrected chi connectivity index (χ3v) is 6.00. The van der Waals surface area contributed by atoms with E-state index in [0.29, 0.717) is 18.7 Å². The van der Waals surface area contributed by atoms with Gasteiger partial charge in [0.1, 0.15) is 11.3 Å². The lowest BCUT2D eigenvalue weighted by Crippen LogP contribution is -2.31. The molecule has 34 heavy (non-hydrogen) atoms. The summed E-state index contributed by atoms with van der Waals surface area (Å²) in [4.78, 5) is 24.6. The highest BCUT2D eigenvalue weighted by atomic mass is 16.2. The Morgan fingerprint density at radius 1 is 0.676 bits per heavy atom. The molecule has 7 nitrogen and oxygen atoms in total. The fraction of sp³-hybridized carbons (Fsp3) is 0.0741. The van der Waals surface area contributed by atoms with Gasteiger partial charge in [0.05, 0.1) is 36.9 Å². The Labute approximate surface area is 196 Å². The first-order valence-corrected chi connectivity index (χ1v) is 11.1. The van der Waals surface area contributed by atoms with Crippen LogP contribution in [-0.2, 0) is 13.1 Å². The number of aromatic nitrogens is 5. The quantitative estimate of drug-likeness (QED) is 0.375. The van der Waals surface area contributed by atoms with Crippen molar-refractivity contribution in [1.29, 1.82) is 0 Å². The topological polar surface area (TPSA) is 59.8 Å². The van der Waals surface area contributed by atoms with Crippen LogP contribution in [0.25, 0.3) is 17.0 Å². The van der Waals surface area contributed by atoms with Crippen LogP contribution in [0.15, 0.2) is 110 Å². The molecule has 0 saturated heterocycles. The van der Waals surface area contributed by atoms with E-state index in [1.165, 1.54) is 0 Å². The minimum Gasteiger partial charge on any atom is -0.327 e. The smallest absolute Gasteiger partial charge is 0.254 e. The molecule has 0 aliphatic rings. The van der Waals surface area contributed by atoms with Crippen molar-refractivity contribution in [2.45, 2.75) is 13.1 Å². The molecule has 166 valence electrons. The van der Waals surface area contributed by atoms with Crippen LogP contribution < -0.4 is 0 Å². The van der Waals surface area contributed by atoms with Gasteiger partial charge in [-0.2, -0.15) is 0 Å². The molecular formula is C27H22N6O. The minimum atomic E-state index is -0.0455. The molecule has 0 atom stereocenters. The second-order valence-electron chi connectivity index (χ2n) is 8.16. The number of fused-ring (bicyclic) bond motifs is 2. The van der Waals surface area contributed by atoms with E-state index in [4.69, 9.17) is 0 Å². The van der Waals surface area contributed by atoms with Crippen molar-refractivity contribution in [2.24, 2.45) is 0 Å². The van der Waals surface area contributed by atoms with Crippen molar-refractivity contribution < 1.29 is 4.79 Å². The van der Waals surface area contributed by atoms with Crippen molar-refractivity contribution in [3.05, 3.63) is 127 Å². The standard InChI is InChI=1S/C27H22N6O/c34-27(21-9-11-22(12-10-21)30-13-5-6-14-30)31(19-23-17-28-25-7-1-3-15-32(23)25)20-24-18-29-26-8-2-4-16-33(24)26/h1-18H,19-20H2. The summed E-state index contributed by atoms with van der Waals surface area (Å²) in [7, 11) is 0. The van der Waals surface area contributed by atoms with Gasteiger partial charge < -0.3 is 18.3 Å². The number of imidazole rings is 2. The van der Waals surface area contributed by atoms with Crippen LogP contribution in [-0.4, -0.2) is 34.1 Å². The number of pyridine rings is 2. The average molecular weight is 447 g/mol. The van der Waals surface area contributed by atoms with E-state index >= 15 is 0 Å². The van der Waals surface area contributed by atoms with Crippen LogP contribution in [0.3, 0.4) is 0 Å². The molecule has 0 spiro atoms. The molecule has 0 aliphatic heterocycles. The summed E-state index contributed by atoms with van der Waals surface area (Å²) in [5.41, 5.74) is 5.25. The molecular weight excluding hydrogens is 424 g/mol. The van der Waals surface area contributed by atoms with Gasteiger partial charge in [0.15, 0.2) is 0 Å². The van der Waals surface area contributed by atoms with E-state index in [1.807, 2.05) is 128 Å². The number of hydrogen-bond donors (Lipinski definition) is 0. The van der Waals surface area contributed by atoms with Gasteiger partial charge in [0, 0.05) is 36.0 Å². The molecule has 5 aromatic heterocycles. The van der Waals surface area contributed by atoms with Crippen LogP contribution in [0, 0.1) is 0 Å². The van der Waals surface area contributed by atoms with E-state index in [2.05, 4.69) is 9.97 Å². The van der Waals surface area contributed by atoms with Crippen LogP contribution in [0.5, 0.6) is 0 Å². The molecule has 6 aromatic rings. The molecule has 1 amide bonds. The third kappa shape index (κ3) is 3.63. The molecule has 0 N–H and O–H groups in total. The Hall–Kier alpha value is -4.65. The lowest BCUT2D eigenvalue weighted by molar-refractivity contribution is 0.0725. The van der Waals surface area contributed by atoms with E-state index in [0.717, 1.165) is 28.4 Å². The zero-order chi connectivity index (χ0) is 22.9. The molecule has 0 aliphatic carbocycles. The van der Waals surface area contributed by atoms with Gasteiger partial charge in [-0.25, -0.2) is 9.97 Å². The van der Waals surface area contributed by atoms with Gasteiger partial charge in [0.25, 0.3) is 5.91 Å². The first-order valence-electron chi connectivity index (χ1n) is 11.1. The monoisotopic (exact) mass is 446 g/mol. The zero-order valence-electron chi connectivity index (χ0n) is 18.4. The van der Waals surface area contributed by atoms with E-state index < -0.39 is 0 Å². The number of carbonyl (C=O) groups is 1. The molecule has 0 bridgehead atoms. The van der Waals surface area contributed by atoms with Gasteiger partial charge in [-0.05, 0) is 60.7 Å². The Kier molecular flexibility index (Phi) is 4.92. The Balaban J connectivity index is 1.35. The maximum absolute atomic E-state index is 13.7. The van der Waals surface area contributed by atoms with Gasteiger partial charge in [-0.1, -0.05) is 12.1 Å². The predicted octanol–water partition coefficient (Wildman–Crippen LogP) is 4.62. The van der Waals surface area contributed by atoms with Crippen molar-refractivity contribution in [3.8, 4) is 5.69 Å². The normalized spacial score (nSPS) is 11.3. The van der Waals surface area contributed by atoms with E-state index in [-0.39, 0.29) is 5.91 Å².